The third-order valence-electron chi connectivity index (χ3n) is 7.56. The average molecular weight is 435 g/mol. The van der Waals surface area contributed by atoms with Gasteiger partial charge in [-0.1, -0.05) is 108 Å². The Labute approximate surface area is 185 Å². The molecule has 0 aliphatic rings. The summed E-state index contributed by atoms with van der Waals surface area (Å²) in [6.45, 7) is 36.9. The first-order valence-electron chi connectivity index (χ1n) is 11.6. The summed E-state index contributed by atoms with van der Waals surface area (Å²) in [4.78, 5) is 0. The maximum absolute atomic E-state index is 6.26. The van der Waals surface area contributed by atoms with Crippen LogP contribution >= 0.6 is 0 Å². The van der Waals surface area contributed by atoms with E-state index in [1.54, 1.807) is 0 Å². The van der Waals surface area contributed by atoms with E-state index in [4.69, 9.17) is 4.74 Å². The molecule has 0 bridgehead atoms. The Morgan fingerprint density at radius 3 is 0.862 bits per heavy atom. The van der Waals surface area contributed by atoms with E-state index in [0.717, 1.165) is 0 Å². The zero-order valence-corrected chi connectivity index (χ0v) is 23.6. The predicted octanol–water partition coefficient (Wildman–Crippen LogP) is 9.58. The Morgan fingerprint density at radius 1 is 0.517 bits per heavy atom. The maximum Gasteiger partial charge on any atom is 0.0982 e. The fraction of sp³-hybridized carbons (Fsp3) is 0.692. The van der Waals surface area contributed by atoms with Crippen molar-refractivity contribution < 1.29 is 4.74 Å². The molecule has 0 aromatic rings. The first-order valence-corrected chi connectivity index (χ1v) is 16.1. The van der Waals surface area contributed by atoms with Gasteiger partial charge in [-0.25, -0.2) is 0 Å². The summed E-state index contributed by atoms with van der Waals surface area (Å²) in [5.74, 6) is 0. The number of hydrogen-bond acceptors (Lipinski definition) is 1. The lowest BCUT2D eigenvalue weighted by atomic mass is 10.5. The minimum absolute atomic E-state index is 0.633. The van der Waals surface area contributed by atoms with E-state index in [1.807, 2.05) is 12.5 Å². The quantitative estimate of drug-likeness (QED) is 0.169. The summed E-state index contributed by atoms with van der Waals surface area (Å²) < 4.78 is 6.26. The van der Waals surface area contributed by atoms with Gasteiger partial charge >= 0.3 is 0 Å². The smallest absolute Gasteiger partial charge is 0.0982 e. The van der Waals surface area contributed by atoms with Gasteiger partial charge in [0.2, 0.25) is 0 Å². The van der Waals surface area contributed by atoms with Crippen LogP contribution in [-0.4, -0.2) is 16.1 Å². The molecule has 0 radical (unpaired) electrons. The maximum atomic E-state index is 6.26. The van der Waals surface area contributed by atoms with Gasteiger partial charge in [0, 0.05) is 0 Å². The largest absolute Gasteiger partial charge is 0.473 e. The first-order chi connectivity index (χ1) is 13.3. The van der Waals surface area contributed by atoms with Crippen molar-refractivity contribution in [3.63, 3.8) is 0 Å². The molecule has 29 heavy (non-hydrogen) atoms. The van der Waals surface area contributed by atoms with Crippen LogP contribution in [0.5, 0.6) is 0 Å². The SMILES string of the molecule is C=CC(=COC=C(C=C)[Si](C(C)C)(C(C)C)C(C)C)[Si](C(C)C)(C(C)C)C(C)C. The van der Waals surface area contributed by atoms with Gasteiger partial charge in [-0.2, -0.15) is 0 Å². The van der Waals surface area contributed by atoms with Gasteiger partial charge in [0.25, 0.3) is 0 Å². The van der Waals surface area contributed by atoms with Gasteiger partial charge in [0.1, 0.15) is 0 Å². The number of ether oxygens (including phenoxy) is 1. The third kappa shape index (κ3) is 5.28. The normalized spacial score (nSPS) is 14.7. The van der Waals surface area contributed by atoms with Crippen molar-refractivity contribution in [1.82, 2.24) is 0 Å². The number of rotatable bonds is 12. The fourth-order valence-electron chi connectivity index (χ4n) is 6.83. The lowest BCUT2D eigenvalue weighted by Crippen LogP contribution is -2.46. The zero-order chi connectivity index (χ0) is 23.2. The highest BCUT2D eigenvalue weighted by Crippen LogP contribution is 2.48. The Morgan fingerprint density at radius 2 is 0.724 bits per heavy atom. The van der Waals surface area contributed by atoms with E-state index >= 15 is 0 Å². The predicted molar refractivity (Wildman–Crippen MR) is 140 cm³/mol. The van der Waals surface area contributed by atoms with Crippen LogP contribution < -0.4 is 0 Å². The Hall–Kier alpha value is -0.806. The van der Waals surface area contributed by atoms with Gasteiger partial charge in [0.05, 0.1) is 28.7 Å². The van der Waals surface area contributed by atoms with E-state index in [0.29, 0.717) is 33.2 Å². The third-order valence-corrected chi connectivity index (χ3v) is 21.7. The molecule has 1 nitrogen and oxygen atoms in total. The number of hydrogen-bond donors (Lipinski definition) is 0. The average Bonchev–Trinajstić information content (AvgIpc) is 2.57. The molecule has 0 saturated heterocycles. The van der Waals surface area contributed by atoms with E-state index in [9.17, 15) is 0 Å². The molecule has 0 heterocycles. The monoisotopic (exact) mass is 434 g/mol. The summed E-state index contributed by atoms with van der Waals surface area (Å²) in [5.41, 5.74) is 3.80. The van der Waals surface area contributed by atoms with E-state index < -0.39 is 16.1 Å². The molecule has 0 fully saturated rings. The van der Waals surface area contributed by atoms with Gasteiger partial charge in [-0.3, -0.25) is 0 Å². The van der Waals surface area contributed by atoms with Crippen LogP contribution in [0.2, 0.25) is 33.2 Å². The highest BCUT2D eigenvalue weighted by molar-refractivity contribution is 6.91. The first kappa shape index (κ1) is 28.2. The molecule has 0 rings (SSSR count). The minimum atomic E-state index is -1.78. The van der Waals surface area contributed by atoms with Gasteiger partial charge in [-0.05, 0) is 43.6 Å². The lowest BCUT2D eigenvalue weighted by molar-refractivity contribution is 0.398. The summed E-state index contributed by atoms with van der Waals surface area (Å²) in [6, 6.07) is 0. The molecule has 0 aliphatic heterocycles. The standard InChI is InChI=1S/C26H50OSi2/c1-15-25(28(19(3)4,20(5)6)21(7)8)17-27-18-26(16-2)29(22(9)10,23(11)12)24(13)14/h15-24H,1-2H2,3-14H3. The van der Waals surface area contributed by atoms with Crippen molar-refractivity contribution in [1.29, 1.82) is 0 Å². The molecule has 0 unspecified atom stereocenters. The summed E-state index contributed by atoms with van der Waals surface area (Å²) in [5, 5.41) is 2.67. The van der Waals surface area contributed by atoms with E-state index in [1.165, 1.54) is 10.4 Å². The zero-order valence-electron chi connectivity index (χ0n) is 21.6. The molecule has 0 spiro atoms. The van der Waals surface area contributed by atoms with Crippen LogP contribution in [0.3, 0.4) is 0 Å². The molecular formula is C26H50OSi2. The van der Waals surface area contributed by atoms with Gasteiger partial charge in [-0.15, -0.1) is 0 Å². The molecule has 0 aliphatic carbocycles. The molecule has 3 heteroatoms. The van der Waals surface area contributed by atoms with Crippen molar-refractivity contribution in [3.05, 3.63) is 48.2 Å². The second-order valence-corrected chi connectivity index (χ2v) is 22.3. The Kier molecular flexibility index (Phi) is 11.2. The topological polar surface area (TPSA) is 9.23 Å². The molecule has 0 saturated carbocycles. The molecule has 0 atom stereocenters. The molecular weight excluding hydrogens is 384 g/mol. The Bertz CT molecular complexity index is 496. The van der Waals surface area contributed by atoms with E-state index in [-0.39, 0.29) is 0 Å². The summed E-state index contributed by atoms with van der Waals surface area (Å²) in [6.07, 6.45) is 8.16. The molecule has 0 aromatic carbocycles. The Balaban J connectivity index is 6.40. The van der Waals surface area contributed by atoms with Crippen molar-refractivity contribution >= 4 is 16.1 Å². The van der Waals surface area contributed by atoms with Crippen LogP contribution in [-0.2, 0) is 4.74 Å². The fourth-order valence-corrected chi connectivity index (χ4v) is 20.1. The van der Waals surface area contributed by atoms with E-state index in [2.05, 4.69) is 108 Å². The van der Waals surface area contributed by atoms with Crippen molar-refractivity contribution in [3.8, 4) is 0 Å². The molecule has 0 N–H and O–H groups in total. The lowest BCUT2D eigenvalue weighted by Gasteiger charge is -2.44. The summed E-state index contributed by atoms with van der Waals surface area (Å²) >= 11 is 0. The van der Waals surface area contributed by atoms with Crippen LogP contribution in [0.15, 0.2) is 48.2 Å². The van der Waals surface area contributed by atoms with Crippen molar-refractivity contribution in [2.75, 3.05) is 0 Å². The summed E-state index contributed by atoms with van der Waals surface area (Å²) in [7, 11) is -3.55. The molecule has 168 valence electrons. The second-order valence-electron chi connectivity index (χ2n) is 10.5. The highest BCUT2D eigenvalue weighted by atomic mass is 28.3. The number of allylic oxidation sites excluding steroid dienone is 4. The molecule has 0 amide bonds. The van der Waals surface area contributed by atoms with Gasteiger partial charge in [0.15, 0.2) is 0 Å². The van der Waals surface area contributed by atoms with Crippen molar-refractivity contribution in [2.24, 2.45) is 0 Å². The van der Waals surface area contributed by atoms with Crippen LogP contribution in [0.4, 0.5) is 0 Å². The van der Waals surface area contributed by atoms with Crippen LogP contribution in [0.25, 0.3) is 0 Å². The molecule has 0 aromatic heterocycles. The van der Waals surface area contributed by atoms with Crippen LogP contribution in [0.1, 0.15) is 83.1 Å². The minimum Gasteiger partial charge on any atom is -0.473 e. The van der Waals surface area contributed by atoms with Crippen molar-refractivity contribution in [2.45, 2.75) is 116 Å². The van der Waals surface area contributed by atoms with Gasteiger partial charge < -0.3 is 4.74 Å². The van der Waals surface area contributed by atoms with Crippen LogP contribution in [0, 0.1) is 0 Å². The highest BCUT2D eigenvalue weighted by Gasteiger charge is 2.46. The second kappa shape index (κ2) is 11.5.